The fourth-order valence-electron chi connectivity index (χ4n) is 11.0. The summed E-state index contributed by atoms with van der Waals surface area (Å²) in [7, 11) is -7.04. The van der Waals surface area contributed by atoms with Gasteiger partial charge in [0.15, 0.2) is 0 Å². The zero-order valence-electron chi connectivity index (χ0n) is 37.8. The smallest absolute Gasteiger partial charge is 0.318 e. The average molecular weight is 814 g/mol. The van der Waals surface area contributed by atoms with Crippen LogP contribution in [0.2, 0.25) is 0 Å². The lowest BCUT2D eigenvalue weighted by atomic mass is 9.75. The van der Waals surface area contributed by atoms with Gasteiger partial charge in [-0.3, -0.25) is 9.13 Å². The highest BCUT2D eigenvalue weighted by molar-refractivity contribution is 7.54. The molecule has 0 aromatic heterocycles. The number of unbranched alkanes of at least 4 members (excludes halogenated alkanes) is 2. The minimum absolute atomic E-state index is 0.0314. The van der Waals surface area contributed by atoms with Crippen molar-refractivity contribution in [1.29, 1.82) is 0 Å². The molecule has 13 atom stereocenters. The third-order valence-electron chi connectivity index (χ3n) is 14.8. The number of hydrogen-bond donors (Lipinski definition) is 1. The zero-order valence-corrected chi connectivity index (χ0v) is 39.5. The Morgan fingerprint density at radius 2 is 0.782 bits per heavy atom. The lowest BCUT2D eigenvalue weighted by Crippen LogP contribution is -2.39. The first kappa shape index (κ1) is 47.9. The van der Waals surface area contributed by atoms with Gasteiger partial charge in [0, 0.05) is 0 Å². The molecule has 0 bridgehead atoms. The zero-order chi connectivity index (χ0) is 40.7. The maximum Gasteiger partial charge on any atom is 0.347 e. The Hall–Kier alpha value is 0.260. The van der Waals surface area contributed by atoms with Gasteiger partial charge in [-0.2, -0.15) is 0 Å². The summed E-state index contributed by atoms with van der Waals surface area (Å²) in [6.07, 6.45) is 15.9. The summed E-state index contributed by atoms with van der Waals surface area (Å²) in [5.41, 5.74) is 7.01. The van der Waals surface area contributed by atoms with E-state index in [9.17, 15) is 0 Å². The summed E-state index contributed by atoms with van der Waals surface area (Å²) in [4.78, 5) is 0. The van der Waals surface area contributed by atoms with Crippen molar-refractivity contribution in [3.05, 3.63) is 0 Å². The molecule has 2 N–H and O–H groups in total. The van der Waals surface area contributed by atoms with Crippen LogP contribution in [0.3, 0.4) is 0 Å². The van der Waals surface area contributed by atoms with Crippen LogP contribution in [0.25, 0.3) is 0 Å². The van der Waals surface area contributed by atoms with Crippen LogP contribution in [0.5, 0.6) is 0 Å². The van der Waals surface area contributed by atoms with E-state index in [0.29, 0.717) is 83.6 Å². The SMILES string of the molecule is CC1CCC(C(C)C)C(OP(=O)(CCCCCC(N)P(=O)(OC2CC(C)CCC2C(C)C)OC2CC(C)CCC2C(C)C)OC2CC(C)CCC2C(C)C)C1. The van der Waals surface area contributed by atoms with Crippen LogP contribution in [0, 0.1) is 71.0 Å². The Labute approximate surface area is 340 Å². The molecule has 4 aliphatic carbocycles. The highest BCUT2D eigenvalue weighted by Gasteiger charge is 2.46. The Morgan fingerprint density at radius 1 is 0.473 bits per heavy atom. The highest BCUT2D eigenvalue weighted by Crippen LogP contribution is 2.60. The topological polar surface area (TPSA) is 97.1 Å². The Balaban J connectivity index is 1.48. The fraction of sp³-hybridized carbons (Fsp3) is 1.00. The van der Waals surface area contributed by atoms with Crippen molar-refractivity contribution < 1.29 is 27.2 Å². The van der Waals surface area contributed by atoms with Crippen molar-refractivity contribution in [3.63, 3.8) is 0 Å². The molecule has 13 unspecified atom stereocenters. The van der Waals surface area contributed by atoms with Gasteiger partial charge in [0.2, 0.25) is 0 Å². The van der Waals surface area contributed by atoms with Crippen molar-refractivity contribution in [2.24, 2.45) is 76.7 Å². The third kappa shape index (κ3) is 13.9. The molecule has 55 heavy (non-hydrogen) atoms. The quantitative estimate of drug-likeness (QED) is 0.102. The first-order valence-electron chi connectivity index (χ1n) is 23.5. The van der Waals surface area contributed by atoms with E-state index in [-0.39, 0.29) is 24.4 Å². The van der Waals surface area contributed by atoms with Crippen LogP contribution < -0.4 is 5.73 Å². The average Bonchev–Trinajstić information content (AvgIpc) is 3.07. The molecule has 0 saturated heterocycles. The third-order valence-corrected chi connectivity index (χ3v) is 19.1. The van der Waals surface area contributed by atoms with E-state index in [1.54, 1.807) is 0 Å². The van der Waals surface area contributed by atoms with E-state index in [0.717, 1.165) is 70.6 Å². The van der Waals surface area contributed by atoms with Crippen LogP contribution in [-0.4, -0.2) is 36.4 Å². The lowest BCUT2D eigenvalue weighted by molar-refractivity contribution is -0.00640. The molecule has 0 heterocycles. The van der Waals surface area contributed by atoms with Gasteiger partial charge in [-0.05, 0) is 135 Å². The van der Waals surface area contributed by atoms with Crippen molar-refractivity contribution in [2.75, 3.05) is 6.16 Å². The minimum atomic E-state index is -3.66. The van der Waals surface area contributed by atoms with Gasteiger partial charge in [0.1, 0.15) is 5.78 Å². The Bertz CT molecular complexity index is 1150. The molecule has 0 aliphatic heterocycles. The maximum atomic E-state index is 15.2. The summed E-state index contributed by atoms with van der Waals surface area (Å²) in [5.74, 6) is 4.85. The van der Waals surface area contributed by atoms with Gasteiger partial charge in [-0.15, -0.1) is 0 Å². The molecular formula is C46H89NO6P2. The van der Waals surface area contributed by atoms with Gasteiger partial charge in [0.25, 0.3) is 0 Å². The molecule has 7 nitrogen and oxygen atoms in total. The molecular weight excluding hydrogens is 724 g/mol. The second kappa shape index (κ2) is 21.7. The van der Waals surface area contributed by atoms with Crippen molar-refractivity contribution in [1.82, 2.24) is 0 Å². The first-order valence-corrected chi connectivity index (χ1v) is 26.8. The molecule has 0 radical (unpaired) electrons. The van der Waals surface area contributed by atoms with E-state index >= 15 is 9.13 Å². The lowest BCUT2D eigenvalue weighted by Gasteiger charge is -2.43. The standard InChI is InChI=1S/C46H89NO6P2/c1-30(2)38-21-17-34(9)26-42(38)50-54(48,51-43-27-35(10)18-22-39(43)31(3)4)25-15-13-14-16-46(47)55(49,52-44-28-36(11)19-23-40(44)32(5)6)53-45-29-37(12)20-24-41(45)33(7)8/h30-46H,13-29,47H2,1-12H3. The van der Waals surface area contributed by atoms with Crippen LogP contribution in [-0.2, 0) is 27.2 Å². The molecule has 324 valence electrons. The summed E-state index contributed by atoms with van der Waals surface area (Å²) in [5, 5.41) is 0. The Morgan fingerprint density at radius 3 is 1.09 bits per heavy atom. The molecule has 0 aromatic carbocycles. The summed E-state index contributed by atoms with van der Waals surface area (Å²) in [6, 6.07) is 0. The van der Waals surface area contributed by atoms with Crippen LogP contribution in [0.15, 0.2) is 0 Å². The highest BCUT2D eigenvalue weighted by atomic mass is 31.2. The van der Waals surface area contributed by atoms with Gasteiger partial charge >= 0.3 is 15.2 Å². The second-order valence-corrected chi connectivity index (χ2v) is 25.4. The number of rotatable bonds is 19. The molecule has 4 aliphatic rings. The van der Waals surface area contributed by atoms with E-state index in [1.807, 2.05) is 0 Å². The predicted octanol–water partition coefficient (Wildman–Crippen LogP) is 14.1. The first-order chi connectivity index (χ1) is 25.8. The molecule has 9 heteroatoms. The van der Waals surface area contributed by atoms with Crippen molar-refractivity contribution in [2.45, 2.75) is 216 Å². The molecule has 0 amide bonds. The summed E-state index contributed by atoms with van der Waals surface area (Å²) >= 11 is 0. The predicted molar refractivity (Wildman–Crippen MR) is 231 cm³/mol. The van der Waals surface area contributed by atoms with E-state index in [1.165, 1.54) is 25.7 Å². The van der Waals surface area contributed by atoms with Crippen molar-refractivity contribution >= 4 is 15.2 Å². The van der Waals surface area contributed by atoms with Crippen LogP contribution in [0.1, 0.15) is 186 Å². The summed E-state index contributed by atoms with van der Waals surface area (Å²) in [6.45, 7) is 27.4. The summed E-state index contributed by atoms with van der Waals surface area (Å²) < 4.78 is 57.6. The van der Waals surface area contributed by atoms with E-state index in [2.05, 4.69) is 83.1 Å². The Kier molecular flexibility index (Phi) is 18.9. The van der Waals surface area contributed by atoms with E-state index < -0.39 is 21.0 Å². The minimum Gasteiger partial charge on any atom is -0.318 e. The van der Waals surface area contributed by atoms with Crippen LogP contribution in [0.4, 0.5) is 0 Å². The number of hydrogen-bond acceptors (Lipinski definition) is 7. The molecule has 0 spiro atoms. The molecule has 4 fully saturated rings. The molecule has 0 aromatic rings. The fourth-order valence-corrected chi connectivity index (χ4v) is 15.3. The van der Waals surface area contributed by atoms with Gasteiger partial charge in [-0.25, -0.2) is 0 Å². The van der Waals surface area contributed by atoms with Gasteiger partial charge in [0.05, 0.1) is 30.6 Å². The van der Waals surface area contributed by atoms with Crippen molar-refractivity contribution in [3.8, 4) is 0 Å². The van der Waals surface area contributed by atoms with E-state index in [4.69, 9.17) is 23.8 Å². The normalized spacial score (nSPS) is 38.0. The monoisotopic (exact) mass is 814 g/mol. The van der Waals surface area contributed by atoms with Gasteiger partial charge < -0.3 is 23.8 Å². The number of nitrogens with two attached hydrogens (primary N) is 1. The van der Waals surface area contributed by atoms with Crippen LogP contribution >= 0.6 is 15.2 Å². The molecule has 4 saturated carbocycles. The molecule has 4 rings (SSSR count). The van der Waals surface area contributed by atoms with Gasteiger partial charge in [-0.1, -0.05) is 122 Å². The maximum absolute atomic E-state index is 15.2. The second-order valence-electron chi connectivity index (χ2n) is 21.2. The largest absolute Gasteiger partial charge is 0.347 e.